The summed E-state index contributed by atoms with van der Waals surface area (Å²) in [7, 11) is -3.59. The second kappa shape index (κ2) is 9.11. The maximum atomic E-state index is 12.8. The highest BCUT2D eigenvalue weighted by Crippen LogP contribution is 2.31. The number of halogens is 1. The van der Waals surface area contributed by atoms with E-state index in [-0.39, 0.29) is 28.9 Å². The predicted octanol–water partition coefficient (Wildman–Crippen LogP) is 2.76. The number of hydrogen-bond acceptors (Lipinski definition) is 5. The van der Waals surface area contributed by atoms with Gasteiger partial charge in [-0.2, -0.15) is 0 Å². The molecule has 0 N–H and O–H groups in total. The number of carbonyl (C=O) groups excluding carboxylic acids is 2. The van der Waals surface area contributed by atoms with Crippen molar-refractivity contribution < 1.29 is 18.0 Å². The van der Waals surface area contributed by atoms with Gasteiger partial charge in [-0.15, -0.1) is 0 Å². The van der Waals surface area contributed by atoms with Crippen LogP contribution < -0.4 is 9.80 Å². The zero-order valence-electron chi connectivity index (χ0n) is 18.0. The normalized spacial score (nSPS) is 16.2. The van der Waals surface area contributed by atoms with Gasteiger partial charge >= 0.3 is 0 Å². The molecule has 4 rings (SSSR count). The van der Waals surface area contributed by atoms with E-state index in [1.807, 2.05) is 24.3 Å². The summed E-state index contributed by atoms with van der Waals surface area (Å²) < 4.78 is 25.7. The van der Waals surface area contributed by atoms with E-state index in [2.05, 4.69) is 4.90 Å². The third kappa shape index (κ3) is 4.61. The molecule has 2 aromatic rings. The highest BCUT2D eigenvalue weighted by atomic mass is 35.5. The molecule has 0 radical (unpaired) electrons. The average Bonchev–Trinajstić information content (AvgIpc) is 3.22. The van der Waals surface area contributed by atoms with Gasteiger partial charge < -0.3 is 14.7 Å². The minimum atomic E-state index is -3.59. The fourth-order valence-corrected chi connectivity index (χ4v) is 5.83. The Balaban J connectivity index is 1.34. The van der Waals surface area contributed by atoms with Crippen LogP contribution in [0.25, 0.3) is 0 Å². The number of piperazine rings is 1. The molecule has 0 saturated carbocycles. The Labute approximate surface area is 193 Å². The van der Waals surface area contributed by atoms with Crippen molar-refractivity contribution >= 4 is 44.6 Å². The number of fused-ring (bicyclic) bond motifs is 1. The third-order valence-electron chi connectivity index (χ3n) is 6.10. The Morgan fingerprint density at radius 2 is 1.69 bits per heavy atom. The summed E-state index contributed by atoms with van der Waals surface area (Å²) in [5.74, 6) is -0.443. The molecule has 9 heteroatoms. The molecular formula is C23H26ClN3O4S. The second-order valence-electron chi connectivity index (χ2n) is 8.10. The third-order valence-corrected chi connectivity index (χ3v) is 8.13. The number of para-hydroxylation sites is 1. The quantitative estimate of drug-likeness (QED) is 0.664. The first-order valence-electron chi connectivity index (χ1n) is 10.7. The second-order valence-corrected chi connectivity index (χ2v) is 10.6. The van der Waals surface area contributed by atoms with Crippen molar-refractivity contribution in [1.29, 1.82) is 0 Å². The monoisotopic (exact) mass is 475 g/mol. The van der Waals surface area contributed by atoms with E-state index in [0.717, 1.165) is 16.9 Å². The molecule has 0 aliphatic carbocycles. The van der Waals surface area contributed by atoms with E-state index < -0.39 is 9.84 Å². The van der Waals surface area contributed by atoms with Crippen LogP contribution in [0.3, 0.4) is 0 Å². The molecule has 0 atom stereocenters. The van der Waals surface area contributed by atoms with Gasteiger partial charge in [-0.05, 0) is 42.3 Å². The Morgan fingerprint density at radius 3 is 2.38 bits per heavy atom. The van der Waals surface area contributed by atoms with Crippen molar-refractivity contribution in [2.24, 2.45) is 0 Å². The molecule has 7 nitrogen and oxygen atoms in total. The van der Waals surface area contributed by atoms with E-state index in [0.29, 0.717) is 44.2 Å². The maximum Gasteiger partial charge on any atom is 0.223 e. The molecule has 2 aliphatic rings. The lowest BCUT2D eigenvalue weighted by Crippen LogP contribution is -2.49. The maximum absolute atomic E-state index is 12.8. The fraction of sp³-hybridized carbons (Fsp3) is 0.391. The van der Waals surface area contributed by atoms with Gasteiger partial charge in [0.05, 0.1) is 21.4 Å². The number of rotatable bonds is 5. The first-order chi connectivity index (χ1) is 15.3. The molecule has 170 valence electrons. The van der Waals surface area contributed by atoms with Crippen LogP contribution in [0.5, 0.6) is 0 Å². The van der Waals surface area contributed by atoms with Gasteiger partial charge in [-0.1, -0.05) is 23.7 Å². The van der Waals surface area contributed by atoms with Crippen molar-refractivity contribution in [3.05, 3.63) is 53.1 Å². The van der Waals surface area contributed by atoms with Gasteiger partial charge in [0.1, 0.15) is 0 Å². The molecule has 1 saturated heterocycles. The first-order valence-corrected chi connectivity index (χ1v) is 12.7. The molecule has 0 bridgehead atoms. The Hall–Kier alpha value is -2.58. The van der Waals surface area contributed by atoms with E-state index in [4.69, 9.17) is 11.6 Å². The van der Waals surface area contributed by atoms with Crippen molar-refractivity contribution in [3.63, 3.8) is 0 Å². The molecular weight excluding hydrogens is 450 g/mol. The summed E-state index contributed by atoms with van der Waals surface area (Å²) in [6, 6.07) is 12.5. The zero-order valence-corrected chi connectivity index (χ0v) is 19.5. The van der Waals surface area contributed by atoms with Crippen molar-refractivity contribution in [1.82, 2.24) is 4.90 Å². The largest absolute Gasteiger partial charge is 0.367 e. The number of sulfone groups is 1. The smallest absolute Gasteiger partial charge is 0.223 e. The van der Waals surface area contributed by atoms with Crippen molar-refractivity contribution in [2.45, 2.75) is 24.7 Å². The lowest BCUT2D eigenvalue weighted by molar-refractivity contribution is -0.131. The van der Waals surface area contributed by atoms with Crippen LogP contribution in [0.1, 0.15) is 18.9 Å². The molecule has 1 fully saturated rings. The lowest BCUT2D eigenvalue weighted by atomic mass is 10.2. The van der Waals surface area contributed by atoms with Gasteiger partial charge in [-0.25, -0.2) is 8.42 Å². The number of nitrogens with zero attached hydrogens (tertiary/aromatic N) is 3. The van der Waals surface area contributed by atoms with E-state index in [9.17, 15) is 18.0 Å². The summed E-state index contributed by atoms with van der Waals surface area (Å²) in [5, 5.41) is 0.680. The topological polar surface area (TPSA) is 78.0 Å². The molecule has 2 heterocycles. The minimum Gasteiger partial charge on any atom is -0.367 e. The highest BCUT2D eigenvalue weighted by molar-refractivity contribution is 7.91. The number of carbonyl (C=O) groups is 2. The molecule has 0 spiro atoms. The van der Waals surface area contributed by atoms with Gasteiger partial charge in [0.25, 0.3) is 0 Å². The SMILES string of the molecule is CC(=O)N1CCc2cc(S(=O)(=O)CCC(=O)N3CCN(c4ccccc4Cl)CC3)ccc21. The number of amides is 2. The lowest BCUT2D eigenvalue weighted by Gasteiger charge is -2.36. The van der Waals surface area contributed by atoms with Crippen LogP contribution in [-0.2, 0) is 25.8 Å². The van der Waals surface area contributed by atoms with Crippen LogP contribution in [0.15, 0.2) is 47.4 Å². The first kappa shape index (κ1) is 22.6. The number of hydrogen-bond donors (Lipinski definition) is 0. The van der Waals surface area contributed by atoms with Gasteiger partial charge in [0.2, 0.25) is 11.8 Å². The van der Waals surface area contributed by atoms with Gasteiger partial charge in [0.15, 0.2) is 9.84 Å². The summed E-state index contributed by atoms with van der Waals surface area (Å²) >= 11 is 6.27. The van der Waals surface area contributed by atoms with Crippen LogP contribution in [-0.4, -0.2) is 63.6 Å². The number of anilines is 2. The average molecular weight is 476 g/mol. The zero-order chi connectivity index (χ0) is 22.9. The Morgan fingerprint density at radius 1 is 0.969 bits per heavy atom. The molecule has 2 amide bonds. The number of benzene rings is 2. The van der Waals surface area contributed by atoms with Crippen LogP contribution in [0.4, 0.5) is 11.4 Å². The van der Waals surface area contributed by atoms with E-state index in [1.54, 1.807) is 21.9 Å². The van der Waals surface area contributed by atoms with Crippen LogP contribution in [0, 0.1) is 0 Å². The van der Waals surface area contributed by atoms with E-state index in [1.165, 1.54) is 13.0 Å². The molecule has 2 aromatic carbocycles. The van der Waals surface area contributed by atoms with Crippen LogP contribution in [0.2, 0.25) is 5.02 Å². The fourth-order valence-electron chi connectivity index (χ4n) is 4.30. The molecule has 0 aromatic heterocycles. The van der Waals surface area contributed by atoms with Gasteiger partial charge in [0, 0.05) is 51.8 Å². The summed E-state index contributed by atoms with van der Waals surface area (Å²) in [6.07, 6.45) is 0.581. The Kier molecular flexibility index (Phi) is 6.44. The molecule has 2 aliphatic heterocycles. The Bertz CT molecular complexity index is 1140. The van der Waals surface area contributed by atoms with Crippen molar-refractivity contribution in [2.75, 3.05) is 48.3 Å². The summed E-state index contributed by atoms with van der Waals surface area (Å²) in [5.41, 5.74) is 2.57. The van der Waals surface area contributed by atoms with E-state index >= 15 is 0 Å². The molecule has 32 heavy (non-hydrogen) atoms. The minimum absolute atomic E-state index is 0.0505. The summed E-state index contributed by atoms with van der Waals surface area (Å²) in [6.45, 7) is 4.43. The van der Waals surface area contributed by atoms with Crippen LogP contribution >= 0.6 is 11.6 Å². The predicted molar refractivity (Wildman–Crippen MR) is 125 cm³/mol. The molecule has 0 unspecified atom stereocenters. The van der Waals surface area contributed by atoms with Crippen molar-refractivity contribution in [3.8, 4) is 0 Å². The standard InChI is InChI=1S/C23H26ClN3O4S/c1-17(28)27-10-8-18-16-19(6-7-21(18)27)32(30,31)15-9-23(29)26-13-11-25(12-14-26)22-5-3-2-4-20(22)24/h2-7,16H,8-15H2,1H3. The van der Waals surface area contributed by atoms with Gasteiger partial charge in [-0.3, -0.25) is 9.59 Å². The summed E-state index contributed by atoms with van der Waals surface area (Å²) in [4.78, 5) is 30.1. The highest BCUT2D eigenvalue weighted by Gasteiger charge is 2.27.